The molecule has 0 amide bonds. The molecule has 0 unspecified atom stereocenters. The minimum Gasteiger partial charge on any atom is -0.497 e. The molecule has 6 rings (SSSR count). The molecular weight excluding hydrogens is 454 g/mol. The largest absolute Gasteiger partial charge is 0.497 e. The van der Waals surface area contributed by atoms with Gasteiger partial charge in [-0.3, -0.25) is 0 Å². The van der Waals surface area contributed by atoms with E-state index in [1.807, 2.05) is 72.8 Å². The minimum absolute atomic E-state index is 0.111. The molecule has 0 aliphatic heterocycles. The fourth-order valence-corrected chi connectivity index (χ4v) is 4.06. The van der Waals surface area contributed by atoms with E-state index in [0.29, 0.717) is 17.2 Å². The zero-order chi connectivity index (χ0) is 24.3. The predicted molar refractivity (Wildman–Crippen MR) is 137 cm³/mol. The highest BCUT2D eigenvalue weighted by Crippen LogP contribution is 2.41. The van der Waals surface area contributed by atoms with Gasteiger partial charge >= 0.3 is 0 Å². The lowest BCUT2D eigenvalue weighted by molar-refractivity contribution is 0.126. The quantitative estimate of drug-likeness (QED) is 0.215. The Bertz CT molecular complexity index is 1660. The van der Waals surface area contributed by atoms with Gasteiger partial charge in [0.05, 0.1) is 18.7 Å². The maximum Gasteiger partial charge on any atom is 0.232 e. The number of hydrogen-bond acceptors (Lipinski definition) is 7. The first-order valence-corrected chi connectivity index (χ1v) is 11.4. The number of fused-ring (bicyclic) bond motifs is 3. The molecule has 0 N–H and O–H groups in total. The minimum atomic E-state index is 0.111. The Balaban J connectivity index is 1.36. The Morgan fingerprint density at radius 1 is 0.917 bits per heavy atom. The van der Waals surface area contributed by atoms with E-state index >= 15 is 0 Å². The van der Waals surface area contributed by atoms with Crippen LogP contribution in [0.15, 0.2) is 101 Å². The predicted octanol–water partition coefficient (Wildman–Crippen LogP) is 5.76. The van der Waals surface area contributed by atoms with Crippen molar-refractivity contribution in [2.75, 3.05) is 7.11 Å². The van der Waals surface area contributed by atoms with Gasteiger partial charge in [0, 0.05) is 11.1 Å². The van der Waals surface area contributed by atoms with Crippen LogP contribution in [0.1, 0.15) is 11.4 Å². The first-order valence-electron chi connectivity index (χ1n) is 11.4. The van der Waals surface area contributed by atoms with E-state index in [-0.39, 0.29) is 6.61 Å². The zero-order valence-corrected chi connectivity index (χ0v) is 19.4. The molecular formula is C28H21N5O3. The maximum atomic E-state index is 6.27. The number of ether oxygens (including phenoxy) is 1. The van der Waals surface area contributed by atoms with Crippen molar-refractivity contribution in [3.8, 4) is 28.2 Å². The second-order valence-electron chi connectivity index (χ2n) is 8.04. The van der Waals surface area contributed by atoms with Gasteiger partial charge in [-0.05, 0) is 35.4 Å². The van der Waals surface area contributed by atoms with Gasteiger partial charge in [0.2, 0.25) is 5.71 Å². The molecule has 6 aromatic rings. The Morgan fingerprint density at radius 3 is 2.36 bits per heavy atom. The van der Waals surface area contributed by atoms with E-state index in [1.54, 1.807) is 24.2 Å². The van der Waals surface area contributed by atoms with Crippen molar-refractivity contribution in [1.82, 2.24) is 19.6 Å². The third-order valence-electron chi connectivity index (χ3n) is 5.76. The Kier molecular flexibility index (Phi) is 5.59. The molecule has 176 valence electrons. The van der Waals surface area contributed by atoms with Gasteiger partial charge in [-0.1, -0.05) is 65.8 Å². The highest BCUT2D eigenvalue weighted by molar-refractivity contribution is 6.07. The van der Waals surface area contributed by atoms with Crippen LogP contribution < -0.4 is 4.74 Å². The van der Waals surface area contributed by atoms with Crippen LogP contribution in [0.5, 0.6) is 5.75 Å². The van der Waals surface area contributed by atoms with Gasteiger partial charge in [0.1, 0.15) is 17.8 Å². The van der Waals surface area contributed by atoms with E-state index in [2.05, 4.69) is 27.4 Å². The van der Waals surface area contributed by atoms with E-state index < -0.39 is 0 Å². The summed E-state index contributed by atoms with van der Waals surface area (Å²) >= 11 is 0. The number of hydrogen-bond donors (Lipinski definition) is 0. The molecule has 0 spiro atoms. The fourth-order valence-electron chi connectivity index (χ4n) is 4.06. The van der Waals surface area contributed by atoms with Crippen LogP contribution in [-0.2, 0) is 11.4 Å². The maximum absolute atomic E-state index is 6.27. The molecule has 3 heterocycles. The normalized spacial score (nSPS) is 11.5. The summed E-state index contributed by atoms with van der Waals surface area (Å²) < 4.78 is 13.1. The lowest BCUT2D eigenvalue weighted by Gasteiger charge is -2.03. The van der Waals surface area contributed by atoms with E-state index in [0.717, 1.165) is 39.1 Å². The molecule has 8 heteroatoms. The SMILES string of the molecule is COc1ccc(C=NOCc2nc3c4c(-c5ccccc5)c(-c5ccccc5)oc4ncn3n2)cc1. The highest BCUT2D eigenvalue weighted by Gasteiger charge is 2.22. The molecule has 0 aliphatic rings. The van der Waals surface area contributed by atoms with Crippen molar-refractivity contribution in [2.45, 2.75) is 6.61 Å². The monoisotopic (exact) mass is 475 g/mol. The van der Waals surface area contributed by atoms with Crippen LogP contribution in [-0.4, -0.2) is 32.9 Å². The number of benzene rings is 3. The summed E-state index contributed by atoms with van der Waals surface area (Å²) in [5, 5.41) is 9.37. The number of nitrogens with zero attached hydrogens (tertiary/aromatic N) is 5. The Labute approximate surface area is 206 Å². The second kappa shape index (κ2) is 9.34. The van der Waals surface area contributed by atoms with Crippen LogP contribution in [0, 0.1) is 0 Å². The summed E-state index contributed by atoms with van der Waals surface area (Å²) in [6.07, 6.45) is 3.23. The Hall–Kier alpha value is -4.98. The van der Waals surface area contributed by atoms with Crippen LogP contribution in [0.2, 0.25) is 0 Å². The van der Waals surface area contributed by atoms with Gasteiger partial charge in [-0.15, -0.1) is 5.10 Å². The van der Waals surface area contributed by atoms with Gasteiger partial charge in [0.15, 0.2) is 18.1 Å². The lowest BCUT2D eigenvalue weighted by atomic mass is 9.99. The molecule has 0 radical (unpaired) electrons. The average molecular weight is 476 g/mol. The first-order chi connectivity index (χ1) is 17.8. The number of rotatable bonds is 7. The van der Waals surface area contributed by atoms with Crippen LogP contribution in [0.4, 0.5) is 0 Å². The molecule has 0 fully saturated rings. The van der Waals surface area contributed by atoms with Gasteiger partial charge < -0.3 is 14.0 Å². The second-order valence-corrected chi connectivity index (χ2v) is 8.04. The third-order valence-corrected chi connectivity index (χ3v) is 5.76. The molecule has 3 aromatic carbocycles. The average Bonchev–Trinajstić information content (AvgIpc) is 3.54. The molecule has 0 saturated heterocycles. The van der Waals surface area contributed by atoms with Crippen LogP contribution >= 0.6 is 0 Å². The Morgan fingerprint density at radius 2 is 1.64 bits per heavy atom. The topological polar surface area (TPSA) is 87.0 Å². The van der Waals surface area contributed by atoms with Gasteiger partial charge in [-0.25, -0.2) is 14.5 Å². The van der Waals surface area contributed by atoms with Crippen LogP contribution in [0.3, 0.4) is 0 Å². The van der Waals surface area contributed by atoms with E-state index in [4.69, 9.17) is 19.0 Å². The number of oxime groups is 1. The molecule has 36 heavy (non-hydrogen) atoms. The number of furan rings is 1. The molecule has 0 saturated carbocycles. The molecule has 8 nitrogen and oxygen atoms in total. The summed E-state index contributed by atoms with van der Waals surface area (Å²) in [7, 11) is 1.63. The fraction of sp³-hybridized carbons (Fsp3) is 0.0714. The standard InChI is InChI=1S/C28H21N5O3/c1-34-22-14-12-19(13-15-22)16-30-35-17-23-31-27-25-24(20-8-4-2-5-9-20)26(21-10-6-3-7-11-21)36-28(25)29-18-33(27)32-23/h2-16,18H,17H2,1H3. The van der Waals surface area contributed by atoms with Crippen LogP contribution in [0.25, 0.3) is 39.2 Å². The number of aromatic nitrogens is 4. The summed E-state index contributed by atoms with van der Waals surface area (Å²) in [4.78, 5) is 14.7. The summed E-state index contributed by atoms with van der Waals surface area (Å²) in [6.45, 7) is 0.111. The van der Waals surface area contributed by atoms with Crippen molar-refractivity contribution in [2.24, 2.45) is 5.16 Å². The third kappa shape index (κ3) is 4.05. The molecule has 0 bridgehead atoms. The van der Waals surface area contributed by atoms with Gasteiger partial charge in [-0.2, -0.15) is 0 Å². The van der Waals surface area contributed by atoms with Gasteiger partial charge in [0.25, 0.3) is 0 Å². The van der Waals surface area contributed by atoms with Crippen molar-refractivity contribution in [3.05, 3.63) is 103 Å². The number of methoxy groups -OCH3 is 1. The summed E-state index contributed by atoms with van der Waals surface area (Å²) in [5.74, 6) is 2.01. The highest BCUT2D eigenvalue weighted by atomic mass is 16.6. The molecule has 0 atom stereocenters. The summed E-state index contributed by atoms with van der Waals surface area (Å²) in [5.41, 5.74) is 4.93. The van der Waals surface area contributed by atoms with Crippen molar-refractivity contribution in [1.29, 1.82) is 0 Å². The first kappa shape index (κ1) is 21.5. The van der Waals surface area contributed by atoms with E-state index in [9.17, 15) is 0 Å². The zero-order valence-electron chi connectivity index (χ0n) is 19.4. The molecule has 0 aliphatic carbocycles. The van der Waals surface area contributed by atoms with Crippen molar-refractivity contribution >= 4 is 23.0 Å². The van der Waals surface area contributed by atoms with E-state index in [1.165, 1.54) is 0 Å². The molecule has 3 aromatic heterocycles. The van der Waals surface area contributed by atoms with Crippen molar-refractivity contribution < 1.29 is 14.0 Å². The smallest absolute Gasteiger partial charge is 0.232 e. The van der Waals surface area contributed by atoms with Crippen molar-refractivity contribution in [3.63, 3.8) is 0 Å². The lowest BCUT2D eigenvalue weighted by Crippen LogP contribution is -1.93. The summed E-state index contributed by atoms with van der Waals surface area (Å²) in [6, 6.07) is 27.6.